The van der Waals surface area contributed by atoms with Crippen LogP contribution < -0.4 is 24.4 Å². The number of esters is 1. The lowest BCUT2D eigenvalue weighted by atomic mass is 9.92. The Morgan fingerprint density at radius 1 is 1.11 bits per heavy atom. The van der Waals surface area contributed by atoms with Crippen LogP contribution in [0, 0.1) is 0 Å². The smallest absolute Gasteiger partial charge is 0.338 e. The number of hydrogen-bond donors (Lipinski definition) is 0. The number of hydrogen-bond acceptors (Lipinski definition) is 8. The summed E-state index contributed by atoms with van der Waals surface area (Å²) in [6.45, 7) is 1.90. The van der Waals surface area contributed by atoms with Crippen molar-refractivity contribution in [3.8, 4) is 11.5 Å². The van der Waals surface area contributed by atoms with Crippen molar-refractivity contribution in [1.82, 2.24) is 4.57 Å². The van der Waals surface area contributed by atoms with Crippen LogP contribution in [0.25, 0.3) is 11.8 Å². The van der Waals surface area contributed by atoms with Gasteiger partial charge in [-0.1, -0.05) is 41.7 Å². The minimum atomic E-state index is -0.880. The van der Waals surface area contributed by atoms with Gasteiger partial charge >= 0.3 is 5.97 Å². The molecule has 0 fully saturated rings. The number of rotatable bonds is 7. The second-order valence-electron chi connectivity index (χ2n) is 8.05. The van der Waals surface area contributed by atoms with E-state index in [0.717, 1.165) is 5.56 Å². The van der Waals surface area contributed by atoms with Gasteiger partial charge in [-0.25, -0.2) is 9.79 Å². The van der Waals surface area contributed by atoms with Crippen LogP contribution in [0.15, 0.2) is 86.7 Å². The number of benzene rings is 2. The molecule has 37 heavy (non-hydrogen) atoms. The maximum atomic E-state index is 13.8. The summed E-state index contributed by atoms with van der Waals surface area (Å²) >= 11 is 1.22. The van der Waals surface area contributed by atoms with Crippen LogP contribution in [0.2, 0.25) is 0 Å². The molecule has 1 unspecified atom stereocenters. The zero-order valence-electron chi connectivity index (χ0n) is 20.5. The predicted octanol–water partition coefficient (Wildman–Crippen LogP) is 3.55. The van der Waals surface area contributed by atoms with Gasteiger partial charge in [0.05, 0.1) is 42.9 Å². The van der Waals surface area contributed by atoms with Gasteiger partial charge in [-0.3, -0.25) is 9.36 Å². The Bertz CT molecular complexity index is 1650. The molecule has 0 N–H and O–H groups in total. The van der Waals surface area contributed by atoms with Crippen molar-refractivity contribution >= 4 is 29.1 Å². The Morgan fingerprint density at radius 3 is 2.59 bits per heavy atom. The highest BCUT2D eigenvalue weighted by Crippen LogP contribution is 2.40. The van der Waals surface area contributed by atoms with Gasteiger partial charge in [0.1, 0.15) is 23.3 Å². The lowest BCUT2D eigenvalue weighted by Gasteiger charge is -2.27. The highest BCUT2D eigenvalue weighted by Gasteiger charge is 2.37. The zero-order valence-corrected chi connectivity index (χ0v) is 21.3. The summed E-state index contributed by atoms with van der Waals surface area (Å²) in [7, 11) is 3.09. The highest BCUT2D eigenvalue weighted by molar-refractivity contribution is 7.07. The molecule has 2 aromatic heterocycles. The van der Waals surface area contributed by atoms with E-state index in [-0.39, 0.29) is 17.7 Å². The van der Waals surface area contributed by atoms with Gasteiger partial charge in [0, 0.05) is 17.2 Å². The summed E-state index contributed by atoms with van der Waals surface area (Å²) in [6.07, 6.45) is 3.21. The quantitative estimate of drug-likeness (QED) is 0.349. The summed E-state index contributed by atoms with van der Waals surface area (Å²) in [5, 5.41) is 0. The summed E-state index contributed by atoms with van der Waals surface area (Å²) in [5.74, 6) is 1.01. The Labute approximate surface area is 216 Å². The first kappa shape index (κ1) is 24.3. The number of ether oxygens (including phenoxy) is 3. The molecule has 5 rings (SSSR count). The van der Waals surface area contributed by atoms with Crippen molar-refractivity contribution in [3.05, 3.63) is 109 Å². The summed E-state index contributed by atoms with van der Waals surface area (Å²) in [5.41, 5.74) is 1.64. The molecule has 0 spiro atoms. The molecule has 188 valence electrons. The van der Waals surface area contributed by atoms with Gasteiger partial charge in [-0.05, 0) is 37.3 Å². The van der Waals surface area contributed by atoms with E-state index in [1.54, 1.807) is 56.7 Å². The molecule has 0 saturated carbocycles. The normalized spacial score (nSPS) is 15.2. The van der Waals surface area contributed by atoms with E-state index in [2.05, 4.69) is 0 Å². The van der Waals surface area contributed by atoms with Crippen molar-refractivity contribution in [3.63, 3.8) is 0 Å². The molecule has 2 aromatic carbocycles. The number of carbonyl (C=O) groups excluding carboxylic acids is 1. The maximum absolute atomic E-state index is 13.8. The number of aromatic nitrogens is 1. The van der Waals surface area contributed by atoms with Crippen molar-refractivity contribution in [2.24, 2.45) is 4.99 Å². The number of carbonyl (C=O) groups is 1. The molecular formula is C28H24N2O6S. The Balaban J connectivity index is 1.89. The SMILES string of the molecule is CCOC(=O)C1=C(c2ccccc2)N=c2sc(=Cc3ccco3)c(=O)n2C1c1cc(OC)ccc1OC. The van der Waals surface area contributed by atoms with Crippen molar-refractivity contribution < 1.29 is 23.4 Å². The second-order valence-corrected chi connectivity index (χ2v) is 9.06. The third kappa shape index (κ3) is 4.49. The third-order valence-corrected chi connectivity index (χ3v) is 6.90. The van der Waals surface area contributed by atoms with E-state index in [9.17, 15) is 9.59 Å². The van der Waals surface area contributed by atoms with Gasteiger partial charge in [-0.2, -0.15) is 0 Å². The van der Waals surface area contributed by atoms with Crippen LogP contribution in [-0.4, -0.2) is 31.4 Å². The van der Waals surface area contributed by atoms with E-state index >= 15 is 0 Å². The fraction of sp³-hybridized carbons (Fsp3) is 0.179. The largest absolute Gasteiger partial charge is 0.497 e. The van der Waals surface area contributed by atoms with Crippen LogP contribution in [0.5, 0.6) is 11.5 Å². The average Bonchev–Trinajstić information content (AvgIpc) is 3.55. The monoisotopic (exact) mass is 516 g/mol. The second kappa shape index (κ2) is 10.3. The molecule has 1 aliphatic rings. The fourth-order valence-corrected chi connectivity index (χ4v) is 5.27. The number of methoxy groups -OCH3 is 2. The number of furan rings is 1. The van der Waals surface area contributed by atoms with Gasteiger partial charge in [0.2, 0.25) is 0 Å². The van der Waals surface area contributed by atoms with Crippen LogP contribution in [-0.2, 0) is 9.53 Å². The molecular weight excluding hydrogens is 492 g/mol. The number of thiazole rings is 1. The molecule has 1 atom stereocenters. The van der Waals surface area contributed by atoms with Gasteiger partial charge in [-0.15, -0.1) is 0 Å². The molecule has 8 nitrogen and oxygen atoms in total. The van der Waals surface area contributed by atoms with Crippen molar-refractivity contribution in [1.29, 1.82) is 0 Å². The highest BCUT2D eigenvalue weighted by atomic mass is 32.1. The van der Waals surface area contributed by atoms with Crippen LogP contribution in [0.1, 0.15) is 29.9 Å². The fourth-order valence-electron chi connectivity index (χ4n) is 4.29. The van der Waals surface area contributed by atoms with Crippen molar-refractivity contribution in [2.45, 2.75) is 13.0 Å². The van der Waals surface area contributed by atoms with Gasteiger partial charge in [0.25, 0.3) is 5.56 Å². The number of fused-ring (bicyclic) bond motifs is 1. The van der Waals surface area contributed by atoms with E-state index in [0.29, 0.717) is 37.9 Å². The summed E-state index contributed by atoms with van der Waals surface area (Å²) in [4.78, 5) is 32.7. The minimum Gasteiger partial charge on any atom is -0.497 e. The van der Waals surface area contributed by atoms with E-state index < -0.39 is 12.0 Å². The standard InChI is InChI=1S/C28H24N2O6S/c1-4-35-27(32)23-24(17-9-6-5-7-10-17)29-28-30(26(31)22(37-28)16-19-11-8-14-36-19)25(23)20-15-18(33-2)12-13-21(20)34-3/h5-16,25H,4H2,1-3H3. The van der Waals surface area contributed by atoms with Crippen LogP contribution in [0.4, 0.5) is 0 Å². The lowest BCUT2D eigenvalue weighted by Crippen LogP contribution is -2.40. The van der Waals surface area contributed by atoms with Gasteiger partial charge < -0.3 is 18.6 Å². The van der Waals surface area contributed by atoms with Gasteiger partial charge in [0.15, 0.2) is 4.80 Å². The molecule has 0 bridgehead atoms. The first-order chi connectivity index (χ1) is 18.0. The molecule has 0 amide bonds. The average molecular weight is 517 g/mol. The van der Waals surface area contributed by atoms with E-state index in [4.69, 9.17) is 23.6 Å². The maximum Gasteiger partial charge on any atom is 0.338 e. The zero-order chi connectivity index (χ0) is 25.9. The first-order valence-corrected chi connectivity index (χ1v) is 12.4. The molecule has 0 radical (unpaired) electrons. The molecule has 3 heterocycles. The topological polar surface area (TPSA) is 92.3 Å². The summed E-state index contributed by atoms with van der Waals surface area (Å²) in [6, 6.07) is 17.3. The molecule has 0 aliphatic carbocycles. The lowest BCUT2D eigenvalue weighted by molar-refractivity contribution is -0.138. The molecule has 9 heteroatoms. The van der Waals surface area contributed by atoms with E-state index in [1.807, 2.05) is 30.3 Å². The molecule has 4 aromatic rings. The van der Waals surface area contributed by atoms with E-state index in [1.165, 1.54) is 23.0 Å². The predicted molar refractivity (Wildman–Crippen MR) is 139 cm³/mol. The Hall–Kier alpha value is -4.37. The number of nitrogens with zero attached hydrogens (tertiary/aromatic N) is 2. The summed E-state index contributed by atoms with van der Waals surface area (Å²) < 4.78 is 24.0. The van der Waals surface area contributed by atoms with Crippen LogP contribution >= 0.6 is 11.3 Å². The van der Waals surface area contributed by atoms with Crippen LogP contribution in [0.3, 0.4) is 0 Å². The van der Waals surface area contributed by atoms with Crippen molar-refractivity contribution in [2.75, 3.05) is 20.8 Å². The molecule has 1 aliphatic heterocycles. The first-order valence-electron chi connectivity index (χ1n) is 11.6. The Kier molecular flexibility index (Phi) is 6.78. The Morgan fingerprint density at radius 2 is 1.92 bits per heavy atom. The third-order valence-electron chi connectivity index (χ3n) is 5.92. The molecule has 0 saturated heterocycles. The minimum absolute atomic E-state index is 0.162.